The molecule has 20 heavy (non-hydrogen) atoms. The van der Waals surface area contributed by atoms with Crippen LogP contribution < -0.4 is 0 Å². The molecule has 1 N–H and O–H groups in total. The van der Waals surface area contributed by atoms with Crippen molar-refractivity contribution in [1.82, 2.24) is 4.90 Å². The molecule has 1 saturated heterocycles. The van der Waals surface area contributed by atoms with Gasteiger partial charge in [0.05, 0.1) is 6.61 Å². The predicted octanol–water partition coefficient (Wildman–Crippen LogP) is 1.12. The molecular weight excluding hydrogens is 277 g/mol. The van der Waals surface area contributed by atoms with E-state index in [9.17, 15) is 8.60 Å². The Morgan fingerprint density at radius 2 is 2.10 bits per heavy atom. The van der Waals surface area contributed by atoms with Crippen molar-refractivity contribution in [3.05, 3.63) is 35.1 Å². The van der Waals surface area contributed by atoms with Crippen molar-refractivity contribution in [3.63, 3.8) is 0 Å². The monoisotopic (exact) mass is 295 g/mol. The van der Waals surface area contributed by atoms with Gasteiger partial charge in [-0.25, -0.2) is 4.39 Å². The van der Waals surface area contributed by atoms with Crippen molar-refractivity contribution in [1.29, 1.82) is 0 Å². The van der Waals surface area contributed by atoms with Crippen LogP contribution in [0.5, 0.6) is 0 Å². The van der Waals surface area contributed by atoms with Crippen LogP contribution in [0.15, 0.2) is 18.2 Å². The summed E-state index contributed by atoms with van der Waals surface area (Å²) in [7, 11) is -0.691. The van der Waals surface area contributed by atoms with Crippen LogP contribution in [0, 0.1) is 17.7 Å². The fourth-order valence-corrected chi connectivity index (χ4v) is 3.22. The number of hydrogen-bond donors (Lipinski definition) is 1. The maximum Gasteiger partial charge on any atom is 0.124 e. The van der Waals surface area contributed by atoms with Crippen LogP contribution in [-0.2, 0) is 17.3 Å². The second-order valence-electron chi connectivity index (χ2n) is 4.70. The Balaban J connectivity index is 2.10. The molecule has 0 bridgehead atoms. The summed E-state index contributed by atoms with van der Waals surface area (Å²) < 4.78 is 24.7. The lowest BCUT2D eigenvalue weighted by Gasteiger charge is -2.26. The topological polar surface area (TPSA) is 40.5 Å². The highest BCUT2D eigenvalue weighted by Crippen LogP contribution is 2.14. The number of aliphatic hydroxyl groups excluding tert-OH is 1. The molecule has 0 radical (unpaired) electrons. The van der Waals surface area contributed by atoms with Crippen LogP contribution in [0.4, 0.5) is 4.39 Å². The molecule has 0 aliphatic carbocycles. The highest BCUT2D eigenvalue weighted by molar-refractivity contribution is 7.85. The third-order valence-corrected chi connectivity index (χ3v) is 4.47. The normalized spacial score (nSPS) is 16.7. The predicted molar refractivity (Wildman–Crippen MR) is 78.1 cm³/mol. The Morgan fingerprint density at radius 1 is 1.35 bits per heavy atom. The van der Waals surface area contributed by atoms with Crippen LogP contribution in [0.2, 0.25) is 0 Å². The lowest BCUT2D eigenvalue weighted by molar-refractivity contribution is 0.291. The molecule has 1 fully saturated rings. The van der Waals surface area contributed by atoms with Crippen LogP contribution in [-0.4, -0.2) is 45.4 Å². The maximum absolute atomic E-state index is 13.3. The largest absolute Gasteiger partial charge is 0.395 e. The lowest BCUT2D eigenvalue weighted by Crippen LogP contribution is -2.37. The molecule has 108 valence electrons. The average Bonchev–Trinajstić information content (AvgIpc) is 2.44. The highest BCUT2D eigenvalue weighted by atomic mass is 32.2. The summed E-state index contributed by atoms with van der Waals surface area (Å²) in [5.41, 5.74) is 1.65. The summed E-state index contributed by atoms with van der Waals surface area (Å²) in [6.07, 6.45) is 0.388. The van der Waals surface area contributed by atoms with Crippen LogP contribution in [0.25, 0.3) is 0 Å². The number of benzene rings is 1. The summed E-state index contributed by atoms with van der Waals surface area (Å²) in [6.45, 7) is 2.30. The smallest absolute Gasteiger partial charge is 0.124 e. The molecule has 0 aromatic heterocycles. The van der Waals surface area contributed by atoms with Gasteiger partial charge in [-0.2, -0.15) is 0 Å². The molecule has 0 unspecified atom stereocenters. The van der Waals surface area contributed by atoms with Gasteiger partial charge < -0.3 is 5.11 Å². The Morgan fingerprint density at radius 3 is 2.80 bits per heavy atom. The molecule has 1 aliphatic heterocycles. The first-order valence-corrected chi connectivity index (χ1v) is 8.13. The van der Waals surface area contributed by atoms with Crippen LogP contribution in [0.3, 0.4) is 0 Å². The Bertz CT molecular complexity index is 541. The van der Waals surface area contributed by atoms with Crippen LogP contribution in [0.1, 0.15) is 17.5 Å². The molecule has 1 aromatic carbocycles. The summed E-state index contributed by atoms with van der Waals surface area (Å²) in [5.74, 6) is 6.84. The van der Waals surface area contributed by atoms with E-state index in [1.54, 1.807) is 6.07 Å². The first-order valence-electron chi connectivity index (χ1n) is 6.64. The van der Waals surface area contributed by atoms with Gasteiger partial charge in [-0.15, -0.1) is 0 Å². The SMILES string of the molecule is O=S1CCN(Cc2ccc(F)cc2C#CCCO)CC1. The Hall–Kier alpha value is -1.22. The van der Waals surface area contributed by atoms with Gasteiger partial charge in [0.2, 0.25) is 0 Å². The molecule has 1 aromatic rings. The fraction of sp³-hybridized carbons (Fsp3) is 0.467. The minimum atomic E-state index is -0.691. The zero-order valence-electron chi connectivity index (χ0n) is 11.3. The van der Waals surface area contributed by atoms with E-state index in [4.69, 9.17) is 5.11 Å². The zero-order valence-corrected chi connectivity index (χ0v) is 12.1. The molecule has 0 saturated carbocycles. The number of hydrogen-bond acceptors (Lipinski definition) is 3. The molecule has 0 atom stereocenters. The van der Waals surface area contributed by atoms with E-state index in [0.29, 0.717) is 30.0 Å². The third kappa shape index (κ3) is 4.41. The number of rotatable bonds is 3. The number of aliphatic hydroxyl groups is 1. The second-order valence-corrected chi connectivity index (χ2v) is 6.40. The van der Waals surface area contributed by atoms with Crippen molar-refractivity contribution in [2.75, 3.05) is 31.2 Å². The fourth-order valence-electron chi connectivity index (χ4n) is 2.09. The number of nitrogens with zero attached hydrogens (tertiary/aromatic N) is 1. The Kier molecular flexibility index (Phi) is 5.72. The minimum Gasteiger partial charge on any atom is -0.395 e. The van der Waals surface area contributed by atoms with Crippen molar-refractivity contribution in [2.45, 2.75) is 13.0 Å². The summed E-state index contributed by atoms with van der Waals surface area (Å²) in [6, 6.07) is 4.63. The van der Waals surface area contributed by atoms with E-state index < -0.39 is 10.8 Å². The molecule has 0 spiro atoms. The van der Waals surface area contributed by atoms with E-state index >= 15 is 0 Å². The Labute approximate surface area is 121 Å². The quantitative estimate of drug-likeness (QED) is 0.850. The first-order chi connectivity index (χ1) is 9.69. The second kappa shape index (κ2) is 7.53. The van der Waals surface area contributed by atoms with Gasteiger partial charge in [-0.05, 0) is 17.7 Å². The van der Waals surface area contributed by atoms with Gasteiger partial charge in [-0.3, -0.25) is 9.11 Å². The molecule has 0 amide bonds. The molecule has 3 nitrogen and oxygen atoms in total. The summed E-state index contributed by atoms with van der Waals surface area (Å²) in [4.78, 5) is 2.21. The van der Waals surface area contributed by atoms with Gasteiger partial charge in [0, 0.05) is 53.9 Å². The van der Waals surface area contributed by atoms with Crippen molar-refractivity contribution in [2.24, 2.45) is 0 Å². The van der Waals surface area contributed by atoms with Crippen molar-refractivity contribution >= 4 is 10.8 Å². The number of halogens is 1. The standard InChI is InChI=1S/C15H18FNO2S/c16-15-5-4-14(13(11-15)3-1-2-8-18)12-17-6-9-20(19)10-7-17/h4-5,11,18H,2,6-10,12H2. The highest BCUT2D eigenvalue weighted by Gasteiger charge is 2.16. The van der Waals surface area contributed by atoms with E-state index in [1.807, 2.05) is 0 Å². The van der Waals surface area contributed by atoms with Gasteiger partial charge in [0.15, 0.2) is 0 Å². The zero-order chi connectivity index (χ0) is 14.4. The molecular formula is C15H18FNO2S. The minimum absolute atomic E-state index is 0.00951. The average molecular weight is 295 g/mol. The van der Waals surface area contributed by atoms with Crippen molar-refractivity contribution < 1.29 is 13.7 Å². The van der Waals surface area contributed by atoms with E-state index in [-0.39, 0.29) is 12.4 Å². The molecule has 1 heterocycles. The lowest BCUT2D eigenvalue weighted by atomic mass is 10.1. The maximum atomic E-state index is 13.3. The van der Waals surface area contributed by atoms with E-state index in [1.165, 1.54) is 12.1 Å². The summed E-state index contributed by atoms with van der Waals surface area (Å²) in [5, 5.41) is 8.74. The van der Waals surface area contributed by atoms with Gasteiger partial charge in [-0.1, -0.05) is 17.9 Å². The van der Waals surface area contributed by atoms with Gasteiger partial charge in [0.25, 0.3) is 0 Å². The van der Waals surface area contributed by atoms with Crippen molar-refractivity contribution in [3.8, 4) is 11.8 Å². The molecule has 1 aliphatic rings. The van der Waals surface area contributed by atoms with Gasteiger partial charge >= 0.3 is 0 Å². The molecule has 2 rings (SSSR count). The first kappa shape index (κ1) is 15.2. The summed E-state index contributed by atoms with van der Waals surface area (Å²) >= 11 is 0. The van der Waals surface area contributed by atoms with E-state index in [0.717, 1.165) is 18.7 Å². The third-order valence-electron chi connectivity index (χ3n) is 3.20. The van der Waals surface area contributed by atoms with E-state index in [2.05, 4.69) is 16.7 Å². The van der Waals surface area contributed by atoms with Crippen LogP contribution >= 0.6 is 0 Å². The molecule has 5 heteroatoms. The van der Waals surface area contributed by atoms with Gasteiger partial charge in [0.1, 0.15) is 5.82 Å².